The van der Waals surface area contributed by atoms with Gasteiger partial charge >= 0.3 is 0 Å². The van der Waals surface area contributed by atoms with Gasteiger partial charge in [0.1, 0.15) is 19.0 Å². The molecule has 0 spiro atoms. The van der Waals surface area contributed by atoms with E-state index < -0.39 is 5.92 Å². The number of carbonyl (C=O) groups excluding carboxylic acids is 2. The summed E-state index contributed by atoms with van der Waals surface area (Å²) in [5.74, 6) is 0.809. The highest BCUT2D eigenvalue weighted by atomic mass is 16.6. The van der Waals surface area contributed by atoms with Gasteiger partial charge in [-0.05, 0) is 44.2 Å². The summed E-state index contributed by atoms with van der Waals surface area (Å²) >= 11 is 0. The molecule has 2 aromatic carbocycles. The van der Waals surface area contributed by atoms with Gasteiger partial charge in [-0.1, -0.05) is 17.7 Å². The van der Waals surface area contributed by atoms with Gasteiger partial charge in [-0.15, -0.1) is 0 Å². The van der Waals surface area contributed by atoms with Crippen molar-refractivity contribution in [2.45, 2.75) is 26.2 Å². The molecule has 0 saturated heterocycles. The summed E-state index contributed by atoms with van der Waals surface area (Å²) in [7, 11) is 0. The molecule has 1 amide bonds. The van der Waals surface area contributed by atoms with Crippen LogP contribution in [0.5, 0.6) is 11.5 Å². The number of nitrogens with one attached hydrogen (secondary N) is 1. The lowest BCUT2D eigenvalue weighted by molar-refractivity contribution is -0.116. The molecule has 7 nitrogen and oxygen atoms in total. The molecule has 2 aliphatic rings. The van der Waals surface area contributed by atoms with Gasteiger partial charge in [0.15, 0.2) is 17.3 Å². The predicted molar refractivity (Wildman–Crippen MR) is 111 cm³/mol. The predicted octanol–water partition coefficient (Wildman–Crippen LogP) is 3.57. The lowest BCUT2D eigenvalue weighted by Crippen LogP contribution is -2.28. The number of aryl methyl sites for hydroxylation is 2. The number of nitrogens with zero attached hydrogens (tertiary/aromatic N) is 2. The van der Waals surface area contributed by atoms with Crippen LogP contribution in [0.3, 0.4) is 0 Å². The Hall–Kier alpha value is -3.61. The minimum absolute atomic E-state index is 0.0840. The average molecular weight is 403 g/mol. The number of hydrogen-bond acceptors (Lipinski definition) is 5. The van der Waals surface area contributed by atoms with Crippen LogP contribution < -0.4 is 14.8 Å². The van der Waals surface area contributed by atoms with E-state index in [4.69, 9.17) is 9.47 Å². The molecule has 3 aromatic rings. The van der Waals surface area contributed by atoms with E-state index in [1.807, 2.05) is 38.1 Å². The van der Waals surface area contributed by atoms with Crippen LogP contribution in [0.1, 0.15) is 39.5 Å². The second-order valence-electron chi connectivity index (χ2n) is 7.62. The van der Waals surface area contributed by atoms with Crippen LogP contribution in [0, 0.1) is 13.8 Å². The van der Waals surface area contributed by atoms with Crippen LogP contribution in [0.2, 0.25) is 0 Å². The Balaban J connectivity index is 1.56. The van der Waals surface area contributed by atoms with Gasteiger partial charge in [0.05, 0.1) is 17.3 Å². The molecular formula is C23H21N3O4. The summed E-state index contributed by atoms with van der Waals surface area (Å²) in [4.78, 5) is 25.9. The second-order valence-corrected chi connectivity index (χ2v) is 7.62. The molecule has 1 N–H and O–H groups in total. The Bertz CT molecular complexity index is 1160. The van der Waals surface area contributed by atoms with Crippen LogP contribution >= 0.6 is 0 Å². The minimum atomic E-state index is -0.601. The van der Waals surface area contributed by atoms with E-state index in [1.54, 1.807) is 22.9 Å². The normalized spacial score (nSPS) is 17.3. The van der Waals surface area contributed by atoms with Crippen LogP contribution in [-0.2, 0) is 4.79 Å². The molecule has 1 unspecified atom stereocenters. The standard InChI is InChI=1S/C23H21N3O4/c1-13-3-6-16(7-4-13)26-23-21(14(2)25-26)17(12-20(27)24-23)22(28)15-5-8-18-19(11-15)30-10-9-29-18/h3-8,11,17H,9-10,12H2,1-2H3,(H,24,27). The number of fused-ring (bicyclic) bond motifs is 2. The van der Waals surface area contributed by atoms with Crippen molar-refractivity contribution >= 4 is 17.5 Å². The smallest absolute Gasteiger partial charge is 0.226 e. The Morgan fingerprint density at radius 3 is 2.57 bits per heavy atom. The van der Waals surface area contributed by atoms with Crippen molar-refractivity contribution in [2.24, 2.45) is 0 Å². The Labute approximate surface area is 173 Å². The highest BCUT2D eigenvalue weighted by molar-refractivity contribution is 6.08. The molecule has 30 heavy (non-hydrogen) atoms. The van der Waals surface area contributed by atoms with Crippen molar-refractivity contribution in [3.05, 3.63) is 64.8 Å². The summed E-state index contributed by atoms with van der Waals surface area (Å²) in [5.41, 5.74) is 3.94. The van der Waals surface area contributed by atoms with E-state index >= 15 is 0 Å². The molecule has 0 saturated carbocycles. The van der Waals surface area contributed by atoms with Crippen molar-refractivity contribution in [1.29, 1.82) is 0 Å². The number of benzene rings is 2. The summed E-state index contributed by atoms with van der Waals surface area (Å²) in [6.07, 6.45) is 0.0840. The molecule has 1 atom stereocenters. The monoisotopic (exact) mass is 403 g/mol. The molecule has 2 aliphatic heterocycles. The SMILES string of the molecule is Cc1ccc(-n2nc(C)c3c2NC(=O)CC3C(=O)c2ccc3c(c2)OCCO3)cc1. The Kier molecular flexibility index (Phi) is 4.31. The van der Waals surface area contributed by atoms with Gasteiger partial charge in [0.25, 0.3) is 0 Å². The van der Waals surface area contributed by atoms with E-state index in [0.29, 0.717) is 36.1 Å². The number of anilines is 1. The molecule has 1 aromatic heterocycles. The van der Waals surface area contributed by atoms with E-state index in [9.17, 15) is 9.59 Å². The third kappa shape index (κ3) is 3.03. The fourth-order valence-corrected chi connectivity index (χ4v) is 4.04. The van der Waals surface area contributed by atoms with Crippen LogP contribution in [-0.4, -0.2) is 34.7 Å². The van der Waals surface area contributed by atoms with Gasteiger partial charge in [0, 0.05) is 17.5 Å². The van der Waals surface area contributed by atoms with Gasteiger partial charge in [-0.3, -0.25) is 9.59 Å². The van der Waals surface area contributed by atoms with Crippen LogP contribution in [0.15, 0.2) is 42.5 Å². The number of ketones is 1. The van der Waals surface area contributed by atoms with Crippen molar-refractivity contribution in [3.8, 4) is 17.2 Å². The Morgan fingerprint density at radius 2 is 1.80 bits per heavy atom. The highest BCUT2D eigenvalue weighted by Crippen LogP contribution is 2.39. The number of rotatable bonds is 3. The van der Waals surface area contributed by atoms with E-state index in [-0.39, 0.29) is 18.1 Å². The number of carbonyl (C=O) groups is 2. The van der Waals surface area contributed by atoms with Crippen LogP contribution in [0.4, 0.5) is 5.82 Å². The zero-order chi connectivity index (χ0) is 20.8. The second kappa shape index (κ2) is 7.02. The third-order valence-electron chi connectivity index (χ3n) is 5.52. The van der Waals surface area contributed by atoms with Crippen molar-refractivity contribution < 1.29 is 19.1 Å². The van der Waals surface area contributed by atoms with Crippen LogP contribution in [0.25, 0.3) is 5.69 Å². The quantitative estimate of drug-likeness (QED) is 0.676. The summed E-state index contributed by atoms with van der Waals surface area (Å²) in [6.45, 7) is 4.81. The van der Waals surface area contributed by atoms with E-state index in [0.717, 1.165) is 22.5 Å². The molecule has 3 heterocycles. The van der Waals surface area contributed by atoms with Gasteiger partial charge in [0.2, 0.25) is 5.91 Å². The Morgan fingerprint density at radius 1 is 1.07 bits per heavy atom. The van der Waals surface area contributed by atoms with Gasteiger partial charge in [-0.25, -0.2) is 4.68 Å². The number of hydrogen-bond donors (Lipinski definition) is 1. The molecule has 0 aliphatic carbocycles. The molecule has 0 radical (unpaired) electrons. The average Bonchev–Trinajstić information content (AvgIpc) is 3.09. The highest BCUT2D eigenvalue weighted by Gasteiger charge is 2.36. The maximum absolute atomic E-state index is 13.4. The fourth-order valence-electron chi connectivity index (χ4n) is 4.04. The number of ether oxygens (including phenoxy) is 2. The zero-order valence-corrected chi connectivity index (χ0v) is 16.8. The maximum Gasteiger partial charge on any atom is 0.226 e. The molecule has 152 valence electrons. The van der Waals surface area contributed by atoms with E-state index in [2.05, 4.69) is 10.4 Å². The summed E-state index contributed by atoms with van der Waals surface area (Å²) in [6, 6.07) is 13.0. The van der Waals surface area contributed by atoms with E-state index in [1.165, 1.54) is 0 Å². The third-order valence-corrected chi connectivity index (χ3v) is 5.52. The van der Waals surface area contributed by atoms with Gasteiger partial charge in [-0.2, -0.15) is 5.10 Å². The first kappa shape index (κ1) is 18.4. The molecule has 0 fully saturated rings. The van der Waals surface area contributed by atoms with Gasteiger partial charge < -0.3 is 14.8 Å². The lowest BCUT2D eigenvalue weighted by atomic mass is 9.85. The van der Waals surface area contributed by atoms with Crippen molar-refractivity contribution in [2.75, 3.05) is 18.5 Å². The zero-order valence-electron chi connectivity index (χ0n) is 16.8. The largest absolute Gasteiger partial charge is 0.486 e. The summed E-state index contributed by atoms with van der Waals surface area (Å²) < 4.78 is 12.9. The maximum atomic E-state index is 13.4. The minimum Gasteiger partial charge on any atom is -0.486 e. The number of aromatic nitrogens is 2. The first-order valence-electron chi connectivity index (χ1n) is 9.91. The molecule has 0 bridgehead atoms. The molecular weight excluding hydrogens is 382 g/mol. The summed E-state index contributed by atoms with van der Waals surface area (Å²) in [5, 5.41) is 7.54. The lowest BCUT2D eigenvalue weighted by Gasteiger charge is -2.24. The number of amides is 1. The first-order chi connectivity index (χ1) is 14.5. The molecule has 5 rings (SSSR count). The molecule has 7 heteroatoms. The topological polar surface area (TPSA) is 82.5 Å². The van der Waals surface area contributed by atoms with Crippen molar-refractivity contribution in [3.63, 3.8) is 0 Å². The fraction of sp³-hybridized carbons (Fsp3) is 0.261. The number of Topliss-reactive ketones (excluding diaryl/α,β-unsaturated/α-hetero) is 1. The van der Waals surface area contributed by atoms with Crippen molar-refractivity contribution in [1.82, 2.24) is 9.78 Å². The first-order valence-corrected chi connectivity index (χ1v) is 9.91.